The number of phenols is 1. The summed E-state index contributed by atoms with van der Waals surface area (Å²) in [5.41, 5.74) is 4.17. The molecule has 4 rings (SSSR count). The van der Waals surface area contributed by atoms with Crippen LogP contribution in [0.4, 0.5) is 0 Å². The van der Waals surface area contributed by atoms with Gasteiger partial charge in [-0.3, -0.25) is 0 Å². The van der Waals surface area contributed by atoms with Crippen molar-refractivity contribution >= 4 is 16.3 Å². The number of aromatic hydroxyl groups is 1. The molecule has 1 N–H and O–H groups in total. The summed E-state index contributed by atoms with van der Waals surface area (Å²) < 4.78 is 6.98. The van der Waals surface area contributed by atoms with Gasteiger partial charge in [0, 0.05) is 14.7 Å². The Morgan fingerprint density at radius 3 is 1.55 bits per heavy atom. The quantitative estimate of drug-likeness (QED) is 0.121. The number of carbonyl (C=O) groups is 1. The molecule has 44 heavy (non-hydrogen) atoms. The van der Waals surface area contributed by atoms with E-state index in [-0.39, 0.29) is 11.3 Å². The van der Waals surface area contributed by atoms with E-state index in [1.165, 1.54) is 40.8 Å². The molecule has 0 amide bonds. The van der Waals surface area contributed by atoms with E-state index in [1.54, 1.807) is 24.3 Å². The van der Waals surface area contributed by atoms with Crippen LogP contribution in [-0.2, 0) is 23.4 Å². The van der Waals surface area contributed by atoms with Gasteiger partial charge in [-0.2, -0.15) is 0 Å². The highest BCUT2D eigenvalue weighted by Crippen LogP contribution is 2.71. The van der Waals surface area contributed by atoms with Crippen molar-refractivity contribution in [2.45, 2.75) is 113 Å². The van der Waals surface area contributed by atoms with E-state index in [9.17, 15) is 9.90 Å². The zero-order chi connectivity index (χ0) is 31.2. The number of hydrogen-bond donors (Lipinski definition) is 1. The van der Waals surface area contributed by atoms with Gasteiger partial charge in [-0.25, -0.2) is 4.79 Å². The van der Waals surface area contributed by atoms with Crippen LogP contribution in [0.25, 0.3) is 0 Å². The number of aryl methyl sites for hydroxylation is 3. The maximum Gasteiger partial charge on any atom is 0.353 e. The molecule has 0 heterocycles. The SMILES string of the molecule is CCCCCc1cc(CCCCC)c(S(OC(=O)c2ccccc2O)(c2ccccc2)c2ccccc2)c(CCCCC)c1. The zero-order valence-corrected chi connectivity index (χ0v) is 27.7. The predicted octanol–water partition coefficient (Wildman–Crippen LogP) is 11.6. The third-order valence-corrected chi connectivity index (χ3v) is 11.6. The first-order chi connectivity index (χ1) is 21.5. The molecule has 0 saturated heterocycles. The molecule has 0 aliphatic rings. The third kappa shape index (κ3) is 8.15. The number of benzene rings is 4. The minimum Gasteiger partial charge on any atom is -0.507 e. The topological polar surface area (TPSA) is 46.5 Å². The molecule has 0 fully saturated rings. The lowest BCUT2D eigenvalue weighted by Crippen LogP contribution is -2.17. The van der Waals surface area contributed by atoms with E-state index in [2.05, 4.69) is 57.2 Å². The molecule has 0 unspecified atom stereocenters. The van der Waals surface area contributed by atoms with Gasteiger partial charge in [0.25, 0.3) is 0 Å². The van der Waals surface area contributed by atoms with Gasteiger partial charge in [-0.1, -0.05) is 120 Å². The second-order valence-electron chi connectivity index (χ2n) is 11.7. The summed E-state index contributed by atoms with van der Waals surface area (Å²) in [5, 5.41) is 10.7. The maximum absolute atomic E-state index is 14.2. The number of unbranched alkanes of at least 4 members (excludes halogenated alkanes) is 6. The third-order valence-electron chi connectivity index (χ3n) is 8.23. The van der Waals surface area contributed by atoms with Crippen LogP contribution in [0.5, 0.6) is 5.75 Å². The molecule has 3 nitrogen and oxygen atoms in total. The first-order valence-corrected chi connectivity index (χ1v) is 18.2. The van der Waals surface area contributed by atoms with E-state index in [1.807, 2.05) is 36.4 Å². The van der Waals surface area contributed by atoms with Crippen LogP contribution in [0.1, 0.15) is 106 Å². The molecule has 4 heteroatoms. The van der Waals surface area contributed by atoms with Crippen LogP contribution < -0.4 is 0 Å². The highest BCUT2D eigenvalue weighted by atomic mass is 32.3. The molecule has 0 aliphatic carbocycles. The van der Waals surface area contributed by atoms with E-state index in [4.69, 9.17) is 4.18 Å². The number of rotatable bonds is 17. The molecule has 0 atom stereocenters. The molecular weight excluding hydrogens is 561 g/mol. The van der Waals surface area contributed by atoms with Crippen LogP contribution in [0.15, 0.2) is 112 Å². The van der Waals surface area contributed by atoms with Crippen LogP contribution in [0, 0.1) is 0 Å². The maximum atomic E-state index is 14.2. The number of phenolic OH excluding ortho intramolecular Hbond substituents is 1. The zero-order valence-electron chi connectivity index (χ0n) is 26.9. The van der Waals surface area contributed by atoms with E-state index in [0.29, 0.717) is 0 Å². The van der Waals surface area contributed by atoms with Crippen molar-refractivity contribution in [3.05, 3.63) is 119 Å². The Labute approximate surface area is 267 Å². The van der Waals surface area contributed by atoms with Crippen molar-refractivity contribution in [1.82, 2.24) is 0 Å². The monoisotopic (exact) mass is 610 g/mol. The summed E-state index contributed by atoms with van der Waals surface area (Å²) in [5.74, 6) is -0.568. The van der Waals surface area contributed by atoms with Gasteiger partial charge in [0.15, 0.2) is 0 Å². The largest absolute Gasteiger partial charge is 0.507 e. The Balaban J connectivity index is 2.06. The lowest BCUT2D eigenvalue weighted by molar-refractivity contribution is 0.0754. The van der Waals surface area contributed by atoms with Crippen molar-refractivity contribution in [2.75, 3.05) is 0 Å². The van der Waals surface area contributed by atoms with Crippen molar-refractivity contribution in [3.8, 4) is 5.75 Å². The Bertz CT molecular complexity index is 1380. The molecule has 0 aromatic heterocycles. The van der Waals surface area contributed by atoms with Gasteiger partial charge in [-0.15, -0.1) is 0 Å². The summed E-state index contributed by atoms with van der Waals surface area (Å²) in [4.78, 5) is 17.4. The van der Waals surface area contributed by atoms with Crippen LogP contribution >= 0.6 is 10.3 Å². The first-order valence-electron chi connectivity index (χ1n) is 16.6. The molecule has 0 bridgehead atoms. The van der Waals surface area contributed by atoms with Gasteiger partial charge in [-0.05, 0) is 102 Å². The highest BCUT2D eigenvalue weighted by molar-refractivity contribution is 8.30. The van der Waals surface area contributed by atoms with Crippen LogP contribution in [0.2, 0.25) is 0 Å². The Morgan fingerprint density at radius 2 is 1.07 bits per heavy atom. The fourth-order valence-electron chi connectivity index (χ4n) is 5.96. The average molecular weight is 611 g/mol. The van der Waals surface area contributed by atoms with E-state index in [0.717, 1.165) is 67.6 Å². The van der Waals surface area contributed by atoms with E-state index < -0.39 is 16.3 Å². The second kappa shape index (κ2) is 17.1. The van der Waals surface area contributed by atoms with Crippen LogP contribution in [0.3, 0.4) is 0 Å². The van der Waals surface area contributed by atoms with Crippen molar-refractivity contribution in [2.24, 2.45) is 0 Å². The highest BCUT2D eigenvalue weighted by Gasteiger charge is 2.40. The molecule has 0 aliphatic heterocycles. The van der Waals surface area contributed by atoms with Gasteiger partial charge in [0.2, 0.25) is 0 Å². The Hall–Kier alpha value is -3.50. The second-order valence-corrected chi connectivity index (χ2v) is 14.3. The van der Waals surface area contributed by atoms with Gasteiger partial charge in [0.1, 0.15) is 11.3 Å². The minimum atomic E-state index is -2.53. The van der Waals surface area contributed by atoms with Crippen LogP contribution in [-0.4, -0.2) is 11.1 Å². The van der Waals surface area contributed by atoms with Gasteiger partial charge in [0.05, 0.1) is 0 Å². The molecule has 0 saturated carbocycles. The standard InChI is InChI=1S/C40H50O3S/c1-4-7-12-21-32-30-33(22-13-8-5-2)39(34(31-32)23-14-9-6-3)44(35-24-15-10-16-25-35,36-26-17-11-18-27-36)43-40(42)37-28-19-20-29-38(37)41/h10-11,15-20,24-31,41H,4-9,12-14,21-23H2,1-3H3. The smallest absolute Gasteiger partial charge is 0.353 e. The predicted molar refractivity (Wildman–Crippen MR) is 185 cm³/mol. The van der Waals surface area contributed by atoms with Crippen molar-refractivity contribution < 1.29 is 14.1 Å². The molecule has 4 aromatic carbocycles. The normalized spacial score (nSPS) is 11.8. The molecule has 0 spiro atoms. The lowest BCUT2D eigenvalue weighted by Gasteiger charge is -2.42. The van der Waals surface area contributed by atoms with E-state index >= 15 is 0 Å². The van der Waals surface area contributed by atoms with Gasteiger partial charge < -0.3 is 9.29 Å². The minimum absolute atomic E-state index is 0.0652. The Morgan fingerprint density at radius 1 is 0.614 bits per heavy atom. The summed E-state index contributed by atoms with van der Waals surface area (Å²) in [6.45, 7) is 6.75. The molecular formula is C40H50O3S. The summed E-state index contributed by atoms with van der Waals surface area (Å²) in [6.07, 6.45) is 13.3. The fraction of sp³-hybridized carbons (Fsp3) is 0.375. The summed E-state index contributed by atoms with van der Waals surface area (Å²) >= 11 is 0. The average Bonchev–Trinajstić information content (AvgIpc) is 3.05. The Kier molecular flexibility index (Phi) is 13.0. The number of para-hydroxylation sites is 1. The molecule has 0 radical (unpaired) electrons. The number of carbonyl (C=O) groups excluding carboxylic acids is 1. The summed E-state index contributed by atoms with van der Waals surface area (Å²) in [6, 6.07) is 32.2. The molecule has 234 valence electrons. The fourth-order valence-corrected chi connectivity index (χ4v) is 9.44. The summed E-state index contributed by atoms with van der Waals surface area (Å²) in [7, 11) is -2.53. The lowest BCUT2D eigenvalue weighted by atomic mass is 9.95. The van der Waals surface area contributed by atoms with Crippen molar-refractivity contribution in [1.29, 1.82) is 0 Å². The van der Waals surface area contributed by atoms with Gasteiger partial charge >= 0.3 is 5.97 Å². The van der Waals surface area contributed by atoms with Crippen molar-refractivity contribution in [3.63, 3.8) is 0 Å². The molecule has 4 aromatic rings. The first kappa shape index (κ1) is 33.4. The number of hydrogen-bond acceptors (Lipinski definition) is 3.